The molecule has 0 spiro atoms. The molecule has 0 amide bonds. The Morgan fingerprint density at radius 3 is 2.57 bits per heavy atom. The van der Waals surface area contributed by atoms with Gasteiger partial charge >= 0.3 is 5.97 Å². The summed E-state index contributed by atoms with van der Waals surface area (Å²) in [5.41, 5.74) is -0.864. The van der Waals surface area contributed by atoms with Gasteiger partial charge in [0.2, 0.25) is 5.76 Å². The highest BCUT2D eigenvalue weighted by Crippen LogP contribution is 2.58. The second kappa shape index (κ2) is 7.25. The summed E-state index contributed by atoms with van der Waals surface area (Å²) in [6, 6.07) is 12.6. The first kappa shape index (κ1) is 20.6. The van der Waals surface area contributed by atoms with Crippen LogP contribution in [-0.2, 0) is 14.8 Å². The number of sulfonamides is 1. The Hall–Kier alpha value is -2.63. The number of rotatable bonds is 7. The fourth-order valence-corrected chi connectivity index (χ4v) is 6.40. The molecule has 3 atom stereocenters. The third-order valence-corrected chi connectivity index (χ3v) is 8.34. The molecule has 0 saturated heterocycles. The molecule has 1 aliphatic carbocycles. The van der Waals surface area contributed by atoms with Crippen LogP contribution in [0.2, 0.25) is 0 Å². The molecule has 11 heteroatoms. The number of nitrogens with one attached hydrogen (secondary N) is 1. The standard InChI is InChI=1S/C19H16F2N2O5S2/c1-10-16(11-5-3-2-4-6-11)19(10,18(24)25)23-30(26,27)15-8-7-14(29-15)12-9-13(17(20)21)28-22-12/h2-10,16-17,23H,1H3,(H,24,25)/t10?,16-,19-/m0/s1. The third kappa shape index (κ3) is 3.32. The maximum Gasteiger partial charge on any atom is 0.325 e. The van der Waals surface area contributed by atoms with E-state index in [1.165, 1.54) is 12.1 Å². The van der Waals surface area contributed by atoms with Crippen LogP contribution in [0.4, 0.5) is 8.78 Å². The van der Waals surface area contributed by atoms with Crippen molar-refractivity contribution < 1.29 is 31.6 Å². The van der Waals surface area contributed by atoms with Crippen molar-refractivity contribution in [2.75, 3.05) is 0 Å². The molecule has 0 radical (unpaired) electrons. The quantitative estimate of drug-likeness (QED) is 0.561. The van der Waals surface area contributed by atoms with Gasteiger partial charge in [0.15, 0.2) is 0 Å². The molecule has 4 rings (SSSR count). The van der Waals surface area contributed by atoms with Crippen LogP contribution in [0.3, 0.4) is 0 Å². The van der Waals surface area contributed by atoms with Crippen molar-refractivity contribution in [3.05, 3.63) is 59.9 Å². The molecule has 2 N–H and O–H groups in total. The van der Waals surface area contributed by atoms with E-state index < -0.39 is 45.6 Å². The molecule has 1 aromatic carbocycles. The van der Waals surface area contributed by atoms with Crippen molar-refractivity contribution >= 4 is 27.3 Å². The average Bonchev–Trinajstić information content (AvgIpc) is 3.14. The van der Waals surface area contributed by atoms with Crippen LogP contribution in [0.25, 0.3) is 10.6 Å². The Labute approximate surface area is 174 Å². The van der Waals surface area contributed by atoms with Crippen molar-refractivity contribution in [3.63, 3.8) is 0 Å². The van der Waals surface area contributed by atoms with E-state index in [0.29, 0.717) is 4.88 Å². The topological polar surface area (TPSA) is 110 Å². The number of carboxylic acid groups (broad SMARTS) is 1. The summed E-state index contributed by atoms with van der Waals surface area (Å²) in [5, 5.41) is 13.4. The average molecular weight is 454 g/mol. The van der Waals surface area contributed by atoms with Gasteiger partial charge < -0.3 is 9.63 Å². The number of alkyl halides is 2. The van der Waals surface area contributed by atoms with Gasteiger partial charge in [-0.1, -0.05) is 42.4 Å². The number of nitrogens with zero attached hydrogens (tertiary/aromatic N) is 1. The first-order valence-electron chi connectivity index (χ1n) is 8.84. The van der Waals surface area contributed by atoms with Gasteiger partial charge in [-0.25, -0.2) is 17.2 Å². The molecule has 3 aromatic rings. The van der Waals surface area contributed by atoms with E-state index in [-0.39, 0.29) is 9.90 Å². The number of hydrogen-bond acceptors (Lipinski definition) is 6. The number of benzene rings is 1. The van der Waals surface area contributed by atoms with Crippen molar-refractivity contribution in [1.29, 1.82) is 0 Å². The summed E-state index contributed by atoms with van der Waals surface area (Å²) < 4.78 is 58.0. The first-order valence-corrected chi connectivity index (χ1v) is 11.1. The van der Waals surface area contributed by atoms with Gasteiger partial charge in [-0.15, -0.1) is 11.3 Å². The van der Waals surface area contributed by atoms with Crippen molar-refractivity contribution in [1.82, 2.24) is 9.88 Å². The highest BCUT2D eigenvalue weighted by Gasteiger charge is 2.70. The number of thiophene rings is 1. The molecule has 2 aromatic heterocycles. The number of aromatic nitrogens is 1. The summed E-state index contributed by atoms with van der Waals surface area (Å²) in [7, 11) is -4.19. The summed E-state index contributed by atoms with van der Waals surface area (Å²) in [4.78, 5) is 12.4. The summed E-state index contributed by atoms with van der Waals surface area (Å²) >= 11 is 0.786. The predicted octanol–water partition coefficient (Wildman–Crippen LogP) is 3.88. The van der Waals surface area contributed by atoms with Crippen LogP contribution in [0.15, 0.2) is 57.3 Å². The second-order valence-electron chi connectivity index (χ2n) is 6.99. The summed E-state index contributed by atoms with van der Waals surface area (Å²) in [6.07, 6.45) is -2.84. The minimum atomic E-state index is -4.19. The molecule has 7 nitrogen and oxygen atoms in total. The molecule has 158 valence electrons. The minimum Gasteiger partial charge on any atom is -0.480 e. The van der Waals surface area contributed by atoms with Crippen LogP contribution < -0.4 is 4.72 Å². The highest BCUT2D eigenvalue weighted by atomic mass is 32.2. The van der Waals surface area contributed by atoms with E-state index in [0.717, 1.165) is 23.0 Å². The zero-order valence-electron chi connectivity index (χ0n) is 15.5. The molecular formula is C19H16F2N2O5S2. The molecule has 2 heterocycles. The Balaban J connectivity index is 1.62. The zero-order chi connectivity index (χ0) is 21.7. The fourth-order valence-electron chi connectivity index (χ4n) is 3.68. The molecule has 0 aliphatic heterocycles. The lowest BCUT2D eigenvalue weighted by atomic mass is 10.1. The van der Waals surface area contributed by atoms with Gasteiger partial charge in [-0.05, 0) is 23.6 Å². The summed E-state index contributed by atoms with van der Waals surface area (Å²) in [5.74, 6) is -2.86. The largest absolute Gasteiger partial charge is 0.480 e. The fraction of sp³-hybridized carbons (Fsp3) is 0.263. The van der Waals surface area contributed by atoms with E-state index in [2.05, 4.69) is 14.4 Å². The second-order valence-corrected chi connectivity index (χ2v) is 9.98. The van der Waals surface area contributed by atoms with Gasteiger partial charge in [0, 0.05) is 12.0 Å². The molecule has 1 fully saturated rings. The van der Waals surface area contributed by atoms with Gasteiger partial charge in [0.1, 0.15) is 15.4 Å². The van der Waals surface area contributed by atoms with E-state index in [1.54, 1.807) is 37.3 Å². The van der Waals surface area contributed by atoms with Crippen molar-refractivity contribution in [2.45, 2.75) is 29.0 Å². The molecule has 1 saturated carbocycles. The van der Waals surface area contributed by atoms with Crippen molar-refractivity contribution in [3.8, 4) is 10.6 Å². The van der Waals surface area contributed by atoms with E-state index >= 15 is 0 Å². The summed E-state index contributed by atoms with van der Waals surface area (Å²) in [6.45, 7) is 1.68. The van der Waals surface area contributed by atoms with Gasteiger partial charge in [-0.2, -0.15) is 4.72 Å². The molecule has 1 unspecified atom stereocenters. The Morgan fingerprint density at radius 2 is 1.97 bits per heavy atom. The number of halogens is 2. The normalized spacial score (nSPS) is 23.6. The van der Waals surface area contributed by atoms with Gasteiger partial charge in [0.05, 0.1) is 4.88 Å². The van der Waals surface area contributed by atoms with Gasteiger partial charge in [-0.3, -0.25) is 4.79 Å². The van der Waals surface area contributed by atoms with Crippen LogP contribution in [0, 0.1) is 5.92 Å². The van der Waals surface area contributed by atoms with E-state index in [1.807, 2.05) is 0 Å². The smallest absolute Gasteiger partial charge is 0.325 e. The number of carbonyl (C=O) groups is 1. The predicted molar refractivity (Wildman–Crippen MR) is 104 cm³/mol. The molecule has 0 bridgehead atoms. The Kier molecular flexibility index (Phi) is 4.99. The molecule has 30 heavy (non-hydrogen) atoms. The first-order chi connectivity index (χ1) is 14.2. The van der Waals surface area contributed by atoms with E-state index in [4.69, 9.17) is 0 Å². The minimum absolute atomic E-state index is 0.0756. The molecular weight excluding hydrogens is 438 g/mol. The van der Waals surface area contributed by atoms with Crippen LogP contribution in [0.1, 0.15) is 30.6 Å². The lowest BCUT2D eigenvalue weighted by Crippen LogP contribution is -2.45. The number of aliphatic carboxylic acids is 1. The molecule has 1 aliphatic rings. The van der Waals surface area contributed by atoms with Crippen LogP contribution in [0.5, 0.6) is 0 Å². The van der Waals surface area contributed by atoms with Crippen LogP contribution in [-0.4, -0.2) is 30.2 Å². The highest BCUT2D eigenvalue weighted by molar-refractivity contribution is 7.91. The lowest BCUT2D eigenvalue weighted by molar-refractivity contribution is -0.140. The zero-order valence-corrected chi connectivity index (χ0v) is 17.1. The maximum absolute atomic E-state index is 12.9. The SMILES string of the molecule is CC1[C@@H](c2ccccc2)[C@]1(NS(=O)(=O)c1ccc(-c2cc(C(F)F)on2)s1)C(=O)O. The Morgan fingerprint density at radius 1 is 1.27 bits per heavy atom. The number of carboxylic acids is 1. The number of hydrogen-bond donors (Lipinski definition) is 2. The Bertz CT molecular complexity index is 1190. The van der Waals surface area contributed by atoms with Crippen LogP contribution >= 0.6 is 11.3 Å². The monoisotopic (exact) mass is 454 g/mol. The maximum atomic E-state index is 12.9. The van der Waals surface area contributed by atoms with E-state index in [9.17, 15) is 27.1 Å². The third-order valence-electron chi connectivity index (χ3n) is 5.26. The van der Waals surface area contributed by atoms with Crippen molar-refractivity contribution in [2.24, 2.45) is 5.92 Å². The van der Waals surface area contributed by atoms with Gasteiger partial charge in [0.25, 0.3) is 16.4 Å². The lowest BCUT2D eigenvalue weighted by Gasteiger charge is -2.15.